The van der Waals surface area contributed by atoms with Gasteiger partial charge in [0.1, 0.15) is 0 Å². The molecule has 1 aromatic heterocycles. The van der Waals surface area contributed by atoms with Gasteiger partial charge in [-0.25, -0.2) is 0 Å². The molecule has 0 aliphatic carbocycles. The van der Waals surface area contributed by atoms with Gasteiger partial charge in [0.05, 0.1) is 5.25 Å². The molecular weight excluding hydrogens is 392 g/mol. The summed E-state index contributed by atoms with van der Waals surface area (Å²) in [5.74, 6) is 0.873. The first-order valence-corrected chi connectivity index (χ1v) is 11.0. The number of hydrogen-bond acceptors (Lipinski definition) is 4. The van der Waals surface area contributed by atoms with Crippen LogP contribution in [0.25, 0.3) is 11.4 Å². The van der Waals surface area contributed by atoms with Crippen LogP contribution in [0.4, 0.5) is 0 Å². The minimum absolute atomic E-state index is 0.0722. The largest absolute Gasteiger partial charge is 0.340 e. The smallest absolute Gasteiger partial charge is 0.235 e. The molecule has 2 aromatic carbocycles. The summed E-state index contributed by atoms with van der Waals surface area (Å²) in [5, 5.41) is 9.19. The predicted octanol–water partition coefficient (Wildman–Crippen LogP) is 4.92. The van der Waals surface area contributed by atoms with Gasteiger partial charge in [-0.1, -0.05) is 87.1 Å². The van der Waals surface area contributed by atoms with E-state index < -0.39 is 0 Å². The quantitative estimate of drug-likeness (QED) is 0.529. The van der Waals surface area contributed by atoms with Crippen LogP contribution in [0.15, 0.2) is 59.8 Å². The SMILES string of the molecule is C[C@@H](Sc1nnc(-c2ccc(C(C)(C)C)cc2)n1C)C(=O)N(C)Cc1ccccc1. The summed E-state index contributed by atoms with van der Waals surface area (Å²) in [6, 6.07) is 18.5. The number of hydrogen-bond donors (Lipinski definition) is 0. The number of carbonyl (C=O) groups excluding carboxylic acids is 1. The molecule has 3 aromatic rings. The average molecular weight is 423 g/mol. The van der Waals surface area contributed by atoms with E-state index in [1.165, 1.54) is 17.3 Å². The molecule has 1 heterocycles. The second kappa shape index (κ2) is 9.04. The maximum absolute atomic E-state index is 12.8. The molecule has 1 amide bonds. The molecule has 0 fully saturated rings. The van der Waals surface area contributed by atoms with Crippen molar-refractivity contribution in [1.29, 1.82) is 0 Å². The van der Waals surface area contributed by atoms with Gasteiger partial charge in [0.2, 0.25) is 5.91 Å². The Hall–Kier alpha value is -2.60. The number of amides is 1. The molecule has 0 N–H and O–H groups in total. The Balaban J connectivity index is 1.69. The molecule has 0 unspecified atom stereocenters. The van der Waals surface area contributed by atoms with Crippen molar-refractivity contribution in [2.45, 2.75) is 50.1 Å². The molecule has 1 atom stereocenters. The van der Waals surface area contributed by atoms with Crippen LogP contribution in [0.2, 0.25) is 0 Å². The fourth-order valence-electron chi connectivity index (χ4n) is 3.24. The van der Waals surface area contributed by atoms with Crippen LogP contribution < -0.4 is 0 Å². The molecule has 5 nitrogen and oxygen atoms in total. The molecule has 0 aliphatic rings. The zero-order chi connectivity index (χ0) is 21.9. The van der Waals surface area contributed by atoms with Crippen LogP contribution in [-0.4, -0.2) is 37.9 Å². The van der Waals surface area contributed by atoms with E-state index in [4.69, 9.17) is 0 Å². The highest BCUT2D eigenvalue weighted by Gasteiger charge is 2.22. The Morgan fingerprint density at radius 3 is 2.30 bits per heavy atom. The zero-order valence-corrected chi connectivity index (χ0v) is 19.4. The Kier molecular flexibility index (Phi) is 6.66. The molecular formula is C24H30N4OS. The average Bonchev–Trinajstić information content (AvgIpc) is 3.07. The van der Waals surface area contributed by atoms with Gasteiger partial charge in [-0.3, -0.25) is 4.79 Å². The van der Waals surface area contributed by atoms with Crippen molar-refractivity contribution in [2.24, 2.45) is 7.05 Å². The summed E-state index contributed by atoms with van der Waals surface area (Å²) in [6.45, 7) is 9.11. The highest BCUT2D eigenvalue weighted by atomic mass is 32.2. The van der Waals surface area contributed by atoms with Crippen LogP contribution in [0, 0.1) is 0 Å². The lowest BCUT2D eigenvalue weighted by molar-refractivity contribution is -0.129. The molecule has 0 saturated carbocycles. The van der Waals surface area contributed by atoms with Gasteiger partial charge in [-0.05, 0) is 23.5 Å². The summed E-state index contributed by atoms with van der Waals surface area (Å²) in [6.07, 6.45) is 0. The monoisotopic (exact) mass is 422 g/mol. The lowest BCUT2D eigenvalue weighted by Crippen LogP contribution is -2.32. The van der Waals surface area contributed by atoms with Crippen molar-refractivity contribution in [3.63, 3.8) is 0 Å². The van der Waals surface area contributed by atoms with E-state index in [-0.39, 0.29) is 16.6 Å². The van der Waals surface area contributed by atoms with E-state index in [0.29, 0.717) is 6.54 Å². The Labute approximate surface area is 183 Å². The number of carbonyl (C=O) groups is 1. The molecule has 0 saturated heterocycles. The van der Waals surface area contributed by atoms with Crippen molar-refractivity contribution in [2.75, 3.05) is 7.05 Å². The summed E-state index contributed by atoms with van der Waals surface area (Å²) in [7, 11) is 3.78. The topological polar surface area (TPSA) is 51.0 Å². The van der Waals surface area contributed by atoms with E-state index >= 15 is 0 Å². The Bertz CT molecular complexity index is 990. The van der Waals surface area contributed by atoms with E-state index in [9.17, 15) is 4.79 Å². The summed E-state index contributed by atoms with van der Waals surface area (Å²) < 4.78 is 1.96. The van der Waals surface area contributed by atoms with Gasteiger partial charge in [0.15, 0.2) is 11.0 Å². The molecule has 0 radical (unpaired) electrons. The van der Waals surface area contributed by atoms with Gasteiger partial charge in [0.25, 0.3) is 0 Å². The predicted molar refractivity (Wildman–Crippen MR) is 123 cm³/mol. The maximum atomic E-state index is 12.8. The normalized spacial score (nSPS) is 12.6. The first-order valence-electron chi connectivity index (χ1n) is 10.1. The van der Waals surface area contributed by atoms with Crippen molar-refractivity contribution in [3.05, 3.63) is 65.7 Å². The molecule has 158 valence electrons. The van der Waals surface area contributed by atoms with Crippen molar-refractivity contribution < 1.29 is 4.79 Å². The molecule has 0 spiro atoms. The first kappa shape index (κ1) is 22.1. The highest BCUT2D eigenvalue weighted by molar-refractivity contribution is 8.00. The van der Waals surface area contributed by atoms with Crippen LogP contribution in [0.1, 0.15) is 38.8 Å². The number of aromatic nitrogens is 3. The fourth-order valence-corrected chi connectivity index (χ4v) is 4.17. The lowest BCUT2D eigenvalue weighted by Gasteiger charge is -2.21. The summed E-state index contributed by atoms with van der Waals surface area (Å²) in [5.41, 5.74) is 3.53. The minimum Gasteiger partial charge on any atom is -0.340 e. The van der Waals surface area contributed by atoms with Crippen molar-refractivity contribution in [1.82, 2.24) is 19.7 Å². The molecule has 3 rings (SSSR count). The van der Waals surface area contributed by atoms with Crippen LogP contribution in [-0.2, 0) is 23.8 Å². The molecule has 0 bridgehead atoms. The third-order valence-corrected chi connectivity index (χ3v) is 6.23. The number of rotatable bonds is 6. The third kappa shape index (κ3) is 5.11. The highest BCUT2D eigenvalue weighted by Crippen LogP contribution is 2.28. The van der Waals surface area contributed by atoms with Gasteiger partial charge >= 0.3 is 0 Å². The number of benzene rings is 2. The molecule has 6 heteroatoms. The third-order valence-electron chi connectivity index (χ3n) is 5.11. The van der Waals surface area contributed by atoms with Crippen molar-refractivity contribution >= 4 is 17.7 Å². The number of thioether (sulfide) groups is 1. The maximum Gasteiger partial charge on any atom is 0.235 e. The second-order valence-corrected chi connectivity index (χ2v) is 9.94. The van der Waals surface area contributed by atoms with Crippen LogP contribution >= 0.6 is 11.8 Å². The molecule has 30 heavy (non-hydrogen) atoms. The van der Waals surface area contributed by atoms with Gasteiger partial charge in [-0.2, -0.15) is 0 Å². The van der Waals surface area contributed by atoms with Gasteiger partial charge in [0, 0.05) is 26.2 Å². The Morgan fingerprint density at radius 1 is 1.07 bits per heavy atom. The van der Waals surface area contributed by atoms with Crippen LogP contribution in [0.3, 0.4) is 0 Å². The van der Waals surface area contributed by atoms with Gasteiger partial charge < -0.3 is 9.47 Å². The van der Waals surface area contributed by atoms with E-state index in [2.05, 4.69) is 55.2 Å². The first-order chi connectivity index (χ1) is 14.2. The zero-order valence-electron chi connectivity index (χ0n) is 18.6. The molecule has 0 aliphatic heterocycles. The van der Waals surface area contributed by atoms with E-state index in [1.54, 1.807) is 4.90 Å². The summed E-state index contributed by atoms with van der Waals surface area (Å²) in [4.78, 5) is 14.6. The van der Waals surface area contributed by atoms with E-state index in [1.807, 2.05) is 55.9 Å². The van der Waals surface area contributed by atoms with E-state index in [0.717, 1.165) is 22.1 Å². The van der Waals surface area contributed by atoms with Gasteiger partial charge in [-0.15, -0.1) is 10.2 Å². The fraction of sp³-hybridized carbons (Fsp3) is 0.375. The summed E-state index contributed by atoms with van der Waals surface area (Å²) >= 11 is 1.44. The standard InChI is InChI=1S/C24H30N4OS/c1-17(22(29)27(5)16-18-10-8-7-9-11-18)30-23-26-25-21(28(23)6)19-12-14-20(15-13-19)24(2,3)4/h7-15,17H,16H2,1-6H3/t17-/m1/s1. The number of nitrogens with zero attached hydrogens (tertiary/aromatic N) is 4. The Morgan fingerprint density at radius 2 is 1.70 bits per heavy atom. The second-order valence-electron chi connectivity index (χ2n) is 8.63. The lowest BCUT2D eigenvalue weighted by atomic mass is 9.87. The van der Waals surface area contributed by atoms with Crippen LogP contribution in [0.5, 0.6) is 0 Å². The minimum atomic E-state index is -0.252. The van der Waals surface area contributed by atoms with Crippen molar-refractivity contribution in [3.8, 4) is 11.4 Å².